The van der Waals surface area contributed by atoms with Crippen LogP contribution in [0.4, 0.5) is 0 Å². The molecule has 2 N–H and O–H groups in total. The third-order valence-corrected chi connectivity index (χ3v) is 6.21. The van der Waals surface area contributed by atoms with Gasteiger partial charge in [-0.3, -0.25) is 9.89 Å². The fourth-order valence-electron chi connectivity index (χ4n) is 3.47. The van der Waals surface area contributed by atoms with Crippen molar-refractivity contribution in [2.45, 2.75) is 39.4 Å². The molecule has 1 aliphatic rings. The number of rotatable bonds is 7. The number of nitrogens with one attached hydrogen (secondary N) is 2. The van der Waals surface area contributed by atoms with Crippen molar-refractivity contribution in [3.05, 3.63) is 39.3 Å². The predicted molar refractivity (Wildman–Crippen MR) is 134 cm³/mol. The molecule has 0 spiro atoms. The molecule has 9 heteroatoms. The second-order valence-electron chi connectivity index (χ2n) is 7.26. The highest BCUT2D eigenvalue weighted by Gasteiger charge is 2.23. The van der Waals surface area contributed by atoms with Crippen molar-refractivity contribution >= 4 is 41.3 Å². The van der Waals surface area contributed by atoms with Gasteiger partial charge in [-0.05, 0) is 38.0 Å². The zero-order valence-electron chi connectivity index (χ0n) is 18.3. The second kappa shape index (κ2) is 11.7. The number of likely N-dealkylation sites (tertiary alicyclic amines) is 1. The van der Waals surface area contributed by atoms with E-state index in [0.717, 1.165) is 54.2 Å². The molecule has 1 unspecified atom stereocenters. The van der Waals surface area contributed by atoms with Crippen LogP contribution in [0.25, 0.3) is 0 Å². The van der Waals surface area contributed by atoms with Gasteiger partial charge >= 0.3 is 0 Å². The number of benzene rings is 1. The van der Waals surface area contributed by atoms with Crippen LogP contribution in [0.15, 0.2) is 23.2 Å². The summed E-state index contributed by atoms with van der Waals surface area (Å²) in [5.41, 5.74) is 2.30. The van der Waals surface area contributed by atoms with Gasteiger partial charge in [0.25, 0.3) is 0 Å². The number of nitrogens with zero attached hydrogens (tertiary/aromatic N) is 3. The van der Waals surface area contributed by atoms with E-state index in [4.69, 9.17) is 9.47 Å². The molecule has 1 aliphatic heterocycles. The van der Waals surface area contributed by atoms with E-state index in [1.54, 1.807) is 25.6 Å². The van der Waals surface area contributed by atoms with E-state index in [2.05, 4.69) is 44.6 Å². The lowest BCUT2D eigenvalue weighted by Gasteiger charge is -2.19. The number of hydrogen-bond acceptors (Lipinski definition) is 6. The van der Waals surface area contributed by atoms with Gasteiger partial charge in [0.05, 0.1) is 26.5 Å². The molecule has 2 aromatic rings. The van der Waals surface area contributed by atoms with Crippen molar-refractivity contribution in [3.63, 3.8) is 0 Å². The quantitative estimate of drug-likeness (QED) is 0.316. The number of thiazole rings is 1. The molecule has 7 nitrogen and oxygen atoms in total. The minimum absolute atomic E-state index is 0. The average Bonchev–Trinajstić information content (AvgIpc) is 3.30. The van der Waals surface area contributed by atoms with Gasteiger partial charge in [-0.2, -0.15) is 0 Å². The van der Waals surface area contributed by atoms with Crippen LogP contribution >= 0.6 is 35.3 Å². The first-order valence-corrected chi connectivity index (χ1v) is 10.7. The fraction of sp³-hybridized carbons (Fsp3) is 0.524. The Morgan fingerprint density at radius 1 is 1.23 bits per heavy atom. The first-order chi connectivity index (χ1) is 14.0. The summed E-state index contributed by atoms with van der Waals surface area (Å²) in [7, 11) is 5.17. The number of guanidine groups is 1. The van der Waals surface area contributed by atoms with Crippen LogP contribution in [0.3, 0.4) is 0 Å². The van der Waals surface area contributed by atoms with Gasteiger partial charge in [-0.25, -0.2) is 4.98 Å². The number of methoxy groups -OCH3 is 2. The summed E-state index contributed by atoms with van der Waals surface area (Å²) in [6, 6.07) is 6.41. The summed E-state index contributed by atoms with van der Waals surface area (Å²) in [4.78, 5) is 12.7. The van der Waals surface area contributed by atoms with Gasteiger partial charge in [0, 0.05) is 43.7 Å². The van der Waals surface area contributed by atoms with Gasteiger partial charge in [-0.1, -0.05) is 0 Å². The maximum Gasteiger partial charge on any atom is 0.191 e. The van der Waals surface area contributed by atoms with Crippen LogP contribution < -0.4 is 20.1 Å². The lowest BCUT2D eigenvalue weighted by molar-refractivity contribution is 0.321. The van der Waals surface area contributed by atoms with Crippen molar-refractivity contribution in [1.29, 1.82) is 0 Å². The van der Waals surface area contributed by atoms with Crippen molar-refractivity contribution in [3.8, 4) is 11.5 Å². The largest absolute Gasteiger partial charge is 0.497 e. The summed E-state index contributed by atoms with van der Waals surface area (Å²) in [6.45, 7) is 7.73. The van der Waals surface area contributed by atoms with E-state index < -0.39 is 0 Å². The first kappa shape index (κ1) is 24.7. The Labute approximate surface area is 200 Å². The van der Waals surface area contributed by atoms with E-state index >= 15 is 0 Å². The summed E-state index contributed by atoms with van der Waals surface area (Å²) in [6.07, 6.45) is 1.08. The van der Waals surface area contributed by atoms with Gasteiger partial charge in [0.1, 0.15) is 16.5 Å². The molecule has 1 aromatic carbocycles. The van der Waals surface area contributed by atoms with Crippen molar-refractivity contribution in [2.75, 3.05) is 34.4 Å². The zero-order valence-corrected chi connectivity index (χ0v) is 21.5. The molecule has 0 saturated carbocycles. The standard InChI is InChI=1S/C21H31N5O2S.HI/c1-14-15(2)29-20(24-14)11-23-21(22-3)25-17-6-7-26(13-17)12-16-8-18(27-4)10-19(9-16)28-5;/h8-10,17H,6-7,11-13H2,1-5H3,(H2,22,23,25);1H. The van der Waals surface area contributed by atoms with E-state index in [9.17, 15) is 0 Å². The Balaban J connectivity index is 0.00000320. The Morgan fingerprint density at radius 2 is 1.93 bits per heavy atom. The molecule has 0 radical (unpaired) electrons. The SMILES string of the molecule is CN=C(NCc1nc(C)c(C)s1)NC1CCN(Cc2cc(OC)cc(OC)c2)C1.I. The molecular formula is C21H32IN5O2S. The van der Waals surface area contributed by atoms with Crippen LogP contribution in [0.1, 0.15) is 27.6 Å². The lowest BCUT2D eigenvalue weighted by Crippen LogP contribution is -2.44. The minimum atomic E-state index is 0. The van der Waals surface area contributed by atoms with Crippen LogP contribution in [-0.2, 0) is 13.1 Å². The summed E-state index contributed by atoms with van der Waals surface area (Å²) in [5.74, 6) is 2.47. The molecule has 3 rings (SSSR count). The maximum atomic E-state index is 5.38. The smallest absolute Gasteiger partial charge is 0.191 e. The normalized spacial score (nSPS) is 16.8. The van der Waals surface area contributed by atoms with E-state index in [-0.39, 0.29) is 24.0 Å². The van der Waals surface area contributed by atoms with Gasteiger partial charge in [-0.15, -0.1) is 35.3 Å². The first-order valence-electron chi connectivity index (χ1n) is 9.85. The van der Waals surface area contributed by atoms with Crippen molar-refractivity contribution < 1.29 is 9.47 Å². The number of aromatic nitrogens is 1. The van der Waals surface area contributed by atoms with Crippen molar-refractivity contribution in [2.24, 2.45) is 4.99 Å². The topological polar surface area (TPSA) is 71.0 Å². The van der Waals surface area contributed by atoms with Gasteiger partial charge < -0.3 is 20.1 Å². The Kier molecular flexibility index (Phi) is 9.63. The number of ether oxygens (including phenoxy) is 2. The van der Waals surface area contributed by atoms with E-state index in [1.165, 1.54) is 10.4 Å². The Hall–Kier alpha value is -1.59. The molecule has 0 aliphatic carbocycles. The second-order valence-corrected chi connectivity index (χ2v) is 8.55. The molecule has 1 saturated heterocycles. The van der Waals surface area contributed by atoms with E-state index in [1.807, 2.05) is 20.0 Å². The molecule has 30 heavy (non-hydrogen) atoms. The zero-order chi connectivity index (χ0) is 20.8. The van der Waals surface area contributed by atoms with Crippen LogP contribution in [0, 0.1) is 13.8 Å². The molecule has 0 bridgehead atoms. The predicted octanol–water partition coefficient (Wildman–Crippen LogP) is 3.33. The molecule has 1 aromatic heterocycles. The highest BCUT2D eigenvalue weighted by molar-refractivity contribution is 14.0. The monoisotopic (exact) mass is 545 g/mol. The van der Waals surface area contributed by atoms with Crippen LogP contribution in [0.5, 0.6) is 11.5 Å². The third-order valence-electron chi connectivity index (χ3n) is 5.13. The van der Waals surface area contributed by atoms with Crippen LogP contribution in [-0.4, -0.2) is 56.2 Å². The third kappa shape index (κ3) is 6.71. The highest BCUT2D eigenvalue weighted by atomic mass is 127. The average molecular weight is 545 g/mol. The summed E-state index contributed by atoms with van der Waals surface area (Å²) < 4.78 is 10.8. The van der Waals surface area contributed by atoms with Crippen LogP contribution in [0.2, 0.25) is 0 Å². The Morgan fingerprint density at radius 3 is 2.50 bits per heavy atom. The van der Waals surface area contributed by atoms with Crippen molar-refractivity contribution in [1.82, 2.24) is 20.5 Å². The van der Waals surface area contributed by atoms with Gasteiger partial charge in [0.15, 0.2) is 5.96 Å². The number of aryl methyl sites for hydroxylation is 2. The van der Waals surface area contributed by atoms with E-state index in [0.29, 0.717) is 12.6 Å². The molecule has 2 heterocycles. The number of aliphatic imine (C=N–C) groups is 1. The van der Waals surface area contributed by atoms with Gasteiger partial charge in [0.2, 0.25) is 0 Å². The summed E-state index contributed by atoms with van der Waals surface area (Å²) >= 11 is 1.73. The molecule has 166 valence electrons. The lowest BCUT2D eigenvalue weighted by atomic mass is 10.2. The highest BCUT2D eigenvalue weighted by Crippen LogP contribution is 2.24. The molecule has 0 amide bonds. The molecular weight excluding hydrogens is 513 g/mol. The Bertz CT molecular complexity index is 816. The fourth-order valence-corrected chi connectivity index (χ4v) is 4.35. The summed E-state index contributed by atoms with van der Waals surface area (Å²) in [5, 5.41) is 8.01. The minimum Gasteiger partial charge on any atom is -0.497 e. The molecule has 1 fully saturated rings. The molecule has 1 atom stereocenters. The number of hydrogen-bond donors (Lipinski definition) is 2. The maximum absolute atomic E-state index is 5.38. The number of halogens is 1.